The summed E-state index contributed by atoms with van der Waals surface area (Å²) >= 11 is 0. The number of fused-ring (bicyclic) bond motifs is 1. The van der Waals surface area contributed by atoms with E-state index < -0.39 is 0 Å². The zero-order valence-electron chi connectivity index (χ0n) is 11.6. The van der Waals surface area contributed by atoms with Crippen LogP contribution in [0.15, 0.2) is 42.5 Å². The fraction of sp³-hybridized carbons (Fsp3) is 0.353. The predicted octanol–water partition coefficient (Wildman–Crippen LogP) is 2.85. The molecule has 0 aromatic heterocycles. The van der Waals surface area contributed by atoms with Gasteiger partial charge in [0.1, 0.15) is 0 Å². The molecule has 1 heterocycles. The van der Waals surface area contributed by atoms with Crippen molar-refractivity contribution < 1.29 is 4.79 Å². The second-order valence-corrected chi connectivity index (χ2v) is 5.47. The van der Waals surface area contributed by atoms with Gasteiger partial charge in [0.05, 0.1) is 0 Å². The Kier molecular flexibility index (Phi) is 3.70. The summed E-state index contributed by atoms with van der Waals surface area (Å²) in [6.07, 6.45) is 2.64. The summed E-state index contributed by atoms with van der Waals surface area (Å²) in [6, 6.07) is 14.1. The molecule has 0 saturated carbocycles. The first-order chi connectivity index (χ1) is 9.75. The zero-order chi connectivity index (χ0) is 13.9. The van der Waals surface area contributed by atoms with E-state index in [4.69, 9.17) is 5.73 Å². The summed E-state index contributed by atoms with van der Waals surface area (Å²) in [5.41, 5.74) is 7.35. The molecule has 3 nitrogen and oxygen atoms in total. The number of likely N-dealkylation sites (tertiary alicyclic amines) is 1. The van der Waals surface area contributed by atoms with Gasteiger partial charge < -0.3 is 10.6 Å². The number of benzene rings is 2. The second-order valence-electron chi connectivity index (χ2n) is 5.47. The van der Waals surface area contributed by atoms with Gasteiger partial charge in [0, 0.05) is 25.6 Å². The molecule has 0 aliphatic carbocycles. The minimum atomic E-state index is -0.228. The Hall–Kier alpha value is -1.87. The Morgan fingerprint density at radius 1 is 1.10 bits per heavy atom. The number of hydrogen-bond donors (Lipinski definition) is 1. The highest BCUT2D eigenvalue weighted by molar-refractivity contribution is 5.87. The van der Waals surface area contributed by atoms with Crippen LogP contribution in [0.2, 0.25) is 0 Å². The maximum Gasteiger partial charge on any atom is 0.224 e. The standard InChI is InChI=1S/C17H20N2O/c18-16(12-17(20)19-10-3-4-11-19)15-9-5-7-13-6-1-2-8-14(13)15/h1-2,5-9,16H,3-4,10-12,18H2. The Balaban J connectivity index is 1.81. The first-order valence-electron chi connectivity index (χ1n) is 7.27. The van der Waals surface area contributed by atoms with Gasteiger partial charge in [-0.1, -0.05) is 42.5 Å². The zero-order valence-corrected chi connectivity index (χ0v) is 11.6. The van der Waals surface area contributed by atoms with Crippen LogP contribution in [-0.4, -0.2) is 23.9 Å². The van der Waals surface area contributed by atoms with Crippen LogP contribution in [0.25, 0.3) is 10.8 Å². The molecule has 0 radical (unpaired) electrons. The lowest BCUT2D eigenvalue weighted by Crippen LogP contribution is -2.30. The third kappa shape index (κ3) is 2.54. The van der Waals surface area contributed by atoms with Crippen molar-refractivity contribution >= 4 is 16.7 Å². The Morgan fingerprint density at radius 3 is 2.60 bits per heavy atom. The van der Waals surface area contributed by atoms with Crippen LogP contribution in [0.1, 0.15) is 30.9 Å². The molecule has 1 aliphatic heterocycles. The molecule has 0 spiro atoms. The molecule has 1 saturated heterocycles. The average Bonchev–Trinajstić information content (AvgIpc) is 3.01. The van der Waals surface area contributed by atoms with Crippen molar-refractivity contribution in [1.82, 2.24) is 4.90 Å². The molecular formula is C17H20N2O. The summed E-state index contributed by atoms with van der Waals surface area (Å²) in [4.78, 5) is 14.1. The highest BCUT2D eigenvalue weighted by Crippen LogP contribution is 2.25. The van der Waals surface area contributed by atoms with E-state index in [-0.39, 0.29) is 11.9 Å². The summed E-state index contributed by atoms with van der Waals surface area (Å²) in [5, 5.41) is 2.32. The number of rotatable bonds is 3. The molecule has 1 fully saturated rings. The highest BCUT2D eigenvalue weighted by atomic mass is 16.2. The van der Waals surface area contributed by atoms with Crippen molar-refractivity contribution in [3.8, 4) is 0 Å². The van der Waals surface area contributed by atoms with Gasteiger partial charge in [-0.05, 0) is 29.2 Å². The molecule has 0 bridgehead atoms. The van der Waals surface area contributed by atoms with Crippen molar-refractivity contribution in [2.75, 3.05) is 13.1 Å². The summed E-state index contributed by atoms with van der Waals surface area (Å²) < 4.78 is 0. The maximum absolute atomic E-state index is 12.2. The van der Waals surface area contributed by atoms with Crippen molar-refractivity contribution in [1.29, 1.82) is 0 Å². The lowest BCUT2D eigenvalue weighted by Gasteiger charge is -2.19. The predicted molar refractivity (Wildman–Crippen MR) is 81.3 cm³/mol. The van der Waals surface area contributed by atoms with E-state index in [9.17, 15) is 4.79 Å². The number of amides is 1. The van der Waals surface area contributed by atoms with Crippen LogP contribution in [0.4, 0.5) is 0 Å². The first-order valence-corrected chi connectivity index (χ1v) is 7.27. The molecular weight excluding hydrogens is 248 g/mol. The molecule has 1 atom stereocenters. The van der Waals surface area contributed by atoms with Crippen LogP contribution in [0.5, 0.6) is 0 Å². The second kappa shape index (κ2) is 5.63. The quantitative estimate of drug-likeness (QED) is 0.930. The number of carbonyl (C=O) groups excluding carboxylic acids is 1. The minimum Gasteiger partial charge on any atom is -0.343 e. The van der Waals surface area contributed by atoms with Gasteiger partial charge in [-0.25, -0.2) is 0 Å². The molecule has 1 unspecified atom stereocenters. The van der Waals surface area contributed by atoms with Gasteiger partial charge in [0.25, 0.3) is 0 Å². The number of hydrogen-bond acceptors (Lipinski definition) is 2. The highest BCUT2D eigenvalue weighted by Gasteiger charge is 2.21. The number of nitrogens with zero attached hydrogens (tertiary/aromatic N) is 1. The molecule has 2 aromatic rings. The molecule has 3 rings (SSSR count). The van der Waals surface area contributed by atoms with E-state index in [1.807, 2.05) is 29.2 Å². The smallest absolute Gasteiger partial charge is 0.224 e. The van der Waals surface area contributed by atoms with E-state index in [1.54, 1.807) is 0 Å². The summed E-state index contributed by atoms with van der Waals surface area (Å²) in [6.45, 7) is 1.78. The molecule has 1 amide bonds. The van der Waals surface area contributed by atoms with Gasteiger partial charge in [0.15, 0.2) is 0 Å². The van der Waals surface area contributed by atoms with Crippen molar-refractivity contribution in [2.24, 2.45) is 5.73 Å². The third-order valence-electron chi connectivity index (χ3n) is 4.08. The minimum absolute atomic E-state index is 0.183. The third-order valence-corrected chi connectivity index (χ3v) is 4.08. The van der Waals surface area contributed by atoms with E-state index in [1.165, 1.54) is 5.39 Å². The van der Waals surface area contributed by atoms with Gasteiger partial charge >= 0.3 is 0 Å². The van der Waals surface area contributed by atoms with Gasteiger partial charge in [-0.15, -0.1) is 0 Å². The molecule has 3 heteroatoms. The van der Waals surface area contributed by atoms with Crippen molar-refractivity contribution in [2.45, 2.75) is 25.3 Å². The van der Waals surface area contributed by atoms with E-state index in [0.29, 0.717) is 6.42 Å². The van der Waals surface area contributed by atoms with Crippen molar-refractivity contribution in [3.05, 3.63) is 48.0 Å². The molecule has 2 N–H and O–H groups in total. The fourth-order valence-electron chi connectivity index (χ4n) is 2.97. The molecule has 2 aromatic carbocycles. The van der Waals surface area contributed by atoms with Crippen LogP contribution >= 0.6 is 0 Å². The maximum atomic E-state index is 12.2. The Bertz CT molecular complexity index is 612. The van der Waals surface area contributed by atoms with Crippen LogP contribution in [0, 0.1) is 0 Å². The van der Waals surface area contributed by atoms with Gasteiger partial charge in [-0.2, -0.15) is 0 Å². The number of carbonyl (C=O) groups is 1. The SMILES string of the molecule is NC(CC(=O)N1CCCC1)c1cccc2ccccc12. The van der Waals surface area contributed by atoms with E-state index >= 15 is 0 Å². The first kappa shape index (κ1) is 13.1. The summed E-state index contributed by atoms with van der Waals surface area (Å²) in [7, 11) is 0. The van der Waals surface area contributed by atoms with Crippen LogP contribution in [-0.2, 0) is 4.79 Å². The van der Waals surface area contributed by atoms with Crippen LogP contribution < -0.4 is 5.73 Å². The monoisotopic (exact) mass is 268 g/mol. The topological polar surface area (TPSA) is 46.3 Å². The van der Waals surface area contributed by atoms with Gasteiger partial charge in [-0.3, -0.25) is 4.79 Å². The lowest BCUT2D eigenvalue weighted by molar-refractivity contribution is -0.130. The Labute approximate surface area is 119 Å². The van der Waals surface area contributed by atoms with Crippen molar-refractivity contribution in [3.63, 3.8) is 0 Å². The normalized spacial score (nSPS) is 16.6. The Morgan fingerprint density at radius 2 is 1.80 bits per heavy atom. The van der Waals surface area contributed by atoms with E-state index in [0.717, 1.165) is 36.9 Å². The van der Waals surface area contributed by atoms with Gasteiger partial charge in [0.2, 0.25) is 5.91 Å². The number of nitrogens with two attached hydrogens (primary N) is 1. The largest absolute Gasteiger partial charge is 0.343 e. The average molecular weight is 268 g/mol. The van der Waals surface area contributed by atoms with E-state index in [2.05, 4.69) is 18.2 Å². The lowest BCUT2D eigenvalue weighted by atomic mass is 9.97. The molecule has 20 heavy (non-hydrogen) atoms. The van der Waals surface area contributed by atoms with Crippen LogP contribution in [0.3, 0.4) is 0 Å². The molecule has 104 valence electrons. The summed E-state index contributed by atoms with van der Waals surface area (Å²) in [5.74, 6) is 0.183. The fourth-order valence-corrected chi connectivity index (χ4v) is 2.97. The molecule has 1 aliphatic rings.